The molecule has 0 saturated heterocycles. The maximum Gasteiger partial charge on any atom is 0.235 e. The van der Waals surface area contributed by atoms with Gasteiger partial charge in [0.1, 0.15) is 0 Å². The monoisotopic (exact) mass is 1190 g/mol. The summed E-state index contributed by atoms with van der Waals surface area (Å²) in [5, 5.41) is 7.14. The molecular weight excluding hydrogens is 1130 g/mol. The van der Waals surface area contributed by atoms with E-state index in [9.17, 15) is 0 Å². The van der Waals surface area contributed by atoms with Crippen LogP contribution in [0.3, 0.4) is 0 Å². The first-order valence-electron chi connectivity index (χ1n) is 32.4. The zero-order valence-electron chi connectivity index (χ0n) is 52.0. The van der Waals surface area contributed by atoms with Gasteiger partial charge in [0.2, 0.25) is 5.95 Å². The molecule has 4 heterocycles. The van der Waals surface area contributed by atoms with Crippen molar-refractivity contribution in [2.45, 2.75) is 38.5 Å². The Morgan fingerprint density at radius 2 is 0.548 bits per heavy atom. The summed E-state index contributed by atoms with van der Waals surface area (Å²) in [5.41, 5.74) is 30.0. The highest BCUT2D eigenvalue weighted by molar-refractivity contribution is 6.14. The first kappa shape index (κ1) is 53.2. The van der Waals surface area contributed by atoms with Gasteiger partial charge in [0.25, 0.3) is 0 Å². The molecule has 19 rings (SSSR count). The Morgan fingerprint density at radius 3 is 1.00 bits per heavy atom. The van der Waals surface area contributed by atoms with Gasteiger partial charge in [-0.15, -0.1) is 0 Å². The normalized spacial score (nSPS) is 13.5. The molecule has 0 fully saturated rings. The second-order valence-corrected chi connectivity index (χ2v) is 26.5. The van der Waals surface area contributed by atoms with E-state index in [1.807, 2.05) is 0 Å². The summed E-state index contributed by atoms with van der Waals surface area (Å²) in [7, 11) is 0. The molecule has 2 aliphatic carbocycles. The van der Waals surface area contributed by atoms with Crippen molar-refractivity contribution < 1.29 is 0 Å². The Hall–Kier alpha value is -11.7. The van der Waals surface area contributed by atoms with Crippen LogP contribution in [-0.4, -0.2) is 23.7 Å². The van der Waals surface area contributed by atoms with Gasteiger partial charge in [-0.3, -0.25) is 4.57 Å². The molecule has 5 heteroatoms. The quantitative estimate of drug-likeness (QED) is 0.152. The van der Waals surface area contributed by atoms with Crippen LogP contribution in [0.15, 0.2) is 297 Å². The first-order valence-corrected chi connectivity index (χ1v) is 32.4. The van der Waals surface area contributed by atoms with Crippen molar-refractivity contribution in [2.75, 3.05) is 0 Å². The molecule has 17 aromatic rings. The molecule has 4 aromatic heterocycles. The molecule has 5 nitrogen and oxygen atoms in total. The summed E-state index contributed by atoms with van der Waals surface area (Å²) >= 11 is 0. The molecule has 0 atom stereocenters. The molecule has 0 saturated carbocycles. The van der Waals surface area contributed by atoms with Gasteiger partial charge in [-0.05, 0) is 145 Å². The Bertz CT molecular complexity index is 5690. The third-order valence-electron chi connectivity index (χ3n) is 20.7. The SMILES string of the molecule is CC1(C)c2ccccc2-c2ccc(-n3c4ccccc4c4ccc(-c5ccc6c7ccc(-c8ccc9c%10ccccc%10n(-c%10ccc%11c(c%10)C(C)(C)c%10ccccc%10-%11)c9c8)cc7n(-c7nc(-c8ccccc8)cc(-c8ccc(-c9ccccc9)cc8)n7)c6c5)cc43)cc21. The number of hydrogen-bond donors (Lipinski definition) is 0. The average Bonchev–Trinajstić information content (AvgIpc) is 1.59. The van der Waals surface area contributed by atoms with E-state index in [0.29, 0.717) is 5.95 Å². The fourth-order valence-corrected chi connectivity index (χ4v) is 16.0. The van der Waals surface area contributed by atoms with Crippen LogP contribution in [0.5, 0.6) is 0 Å². The van der Waals surface area contributed by atoms with Crippen LogP contribution in [0, 0.1) is 0 Å². The maximum atomic E-state index is 5.64. The second-order valence-electron chi connectivity index (χ2n) is 26.5. The minimum atomic E-state index is -0.136. The van der Waals surface area contributed by atoms with Crippen LogP contribution in [-0.2, 0) is 10.8 Å². The van der Waals surface area contributed by atoms with Crippen molar-refractivity contribution in [2.24, 2.45) is 0 Å². The van der Waals surface area contributed by atoms with Gasteiger partial charge >= 0.3 is 0 Å². The number of para-hydroxylation sites is 2. The Kier molecular flexibility index (Phi) is 11.4. The Balaban J connectivity index is 0.814. The van der Waals surface area contributed by atoms with Crippen LogP contribution in [0.1, 0.15) is 49.9 Å². The molecule has 0 unspecified atom stereocenters. The lowest BCUT2D eigenvalue weighted by Crippen LogP contribution is -2.15. The summed E-state index contributed by atoms with van der Waals surface area (Å²) in [6.45, 7) is 9.46. The van der Waals surface area contributed by atoms with Crippen molar-refractivity contribution in [3.63, 3.8) is 0 Å². The van der Waals surface area contributed by atoms with Gasteiger partial charge in [0.15, 0.2) is 0 Å². The van der Waals surface area contributed by atoms with E-state index in [1.54, 1.807) is 0 Å². The highest BCUT2D eigenvalue weighted by Gasteiger charge is 2.37. The van der Waals surface area contributed by atoms with Crippen molar-refractivity contribution in [3.05, 3.63) is 320 Å². The standard InChI is InChI=1S/C88H61N5/c1-87(2)74-27-15-11-23-64(74)66-45-39-62(51-76(66)87)91-80-29-17-13-25-68(80)70-41-35-58(47-82(70)91)60-37-43-72-73-44-38-61(59-36-42-71-69-26-14-18-30-81(69)92(83(71)48-59)63-40-46-67-65-24-12-16-28-75(65)88(3,4)77(67)52-63)50-85(73)93(84(72)49-60)86-89-78(56-21-9-6-10-22-56)53-79(90-86)57-33-31-55(32-34-57)54-19-7-5-8-20-54/h5-53H,1-4H3. The number of rotatable bonds is 8. The van der Waals surface area contributed by atoms with Crippen molar-refractivity contribution in [3.8, 4) is 95.5 Å². The van der Waals surface area contributed by atoms with Crippen molar-refractivity contribution >= 4 is 65.4 Å². The topological polar surface area (TPSA) is 40.6 Å². The van der Waals surface area contributed by atoms with Gasteiger partial charge < -0.3 is 9.13 Å². The molecule has 438 valence electrons. The Labute approximate surface area is 539 Å². The van der Waals surface area contributed by atoms with E-state index in [1.165, 1.54) is 82.6 Å². The largest absolute Gasteiger partial charge is 0.309 e. The molecule has 0 aliphatic heterocycles. The van der Waals surface area contributed by atoms with Gasteiger partial charge in [0, 0.05) is 65.6 Å². The third-order valence-corrected chi connectivity index (χ3v) is 20.7. The fraction of sp³-hybridized carbons (Fsp3) is 0.0682. The van der Waals surface area contributed by atoms with Gasteiger partial charge in [-0.25, -0.2) is 9.97 Å². The summed E-state index contributed by atoms with van der Waals surface area (Å²) < 4.78 is 7.28. The van der Waals surface area contributed by atoms with Crippen molar-refractivity contribution in [1.29, 1.82) is 0 Å². The molecule has 0 amide bonds. The van der Waals surface area contributed by atoms with Gasteiger partial charge in [0.05, 0.1) is 44.5 Å². The number of nitrogens with zero attached hydrogens (tertiary/aromatic N) is 5. The summed E-state index contributed by atoms with van der Waals surface area (Å²) in [6.07, 6.45) is 0. The first-order chi connectivity index (χ1) is 45.6. The summed E-state index contributed by atoms with van der Waals surface area (Å²) in [6, 6.07) is 110. The average molecular weight is 1190 g/mol. The highest BCUT2D eigenvalue weighted by Crippen LogP contribution is 2.52. The van der Waals surface area contributed by atoms with Crippen molar-refractivity contribution in [1.82, 2.24) is 23.7 Å². The Morgan fingerprint density at radius 1 is 0.226 bits per heavy atom. The molecule has 13 aromatic carbocycles. The lowest BCUT2D eigenvalue weighted by Gasteiger charge is -2.22. The maximum absolute atomic E-state index is 5.64. The molecule has 0 spiro atoms. The zero-order valence-corrected chi connectivity index (χ0v) is 52.0. The van der Waals surface area contributed by atoms with E-state index in [2.05, 4.69) is 339 Å². The van der Waals surface area contributed by atoms with E-state index < -0.39 is 0 Å². The summed E-state index contributed by atoms with van der Waals surface area (Å²) in [4.78, 5) is 11.2. The molecule has 0 radical (unpaired) electrons. The molecular formula is C88H61N5. The van der Waals surface area contributed by atoms with Gasteiger partial charge in [-0.2, -0.15) is 0 Å². The second kappa shape index (κ2) is 19.9. The highest BCUT2D eigenvalue weighted by atomic mass is 15.2. The predicted octanol–water partition coefficient (Wildman–Crippen LogP) is 22.7. The van der Waals surface area contributed by atoms with Crippen LogP contribution in [0.4, 0.5) is 0 Å². The van der Waals surface area contributed by atoms with E-state index >= 15 is 0 Å². The lowest BCUT2D eigenvalue weighted by molar-refractivity contribution is 0.660. The number of fused-ring (bicyclic) bond motifs is 15. The van der Waals surface area contributed by atoms with E-state index in [0.717, 1.165) is 94.5 Å². The van der Waals surface area contributed by atoms with E-state index in [4.69, 9.17) is 9.97 Å². The van der Waals surface area contributed by atoms with Crippen LogP contribution < -0.4 is 0 Å². The minimum Gasteiger partial charge on any atom is -0.309 e. The smallest absolute Gasteiger partial charge is 0.235 e. The number of hydrogen-bond acceptors (Lipinski definition) is 2. The van der Waals surface area contributed by atoms with E-state index in [-0.39, 0.29) is 10.8 Å². The molecule has 0 N–H and O–H groups in total. The fourth-order valence-electron chi connectivity index (χ4n) is 16.0. The predicted molar refractivity (Wildman–Crippen MR) is 387 cm³/mol. The summed E-state index contributed by atoms with van der Waals surface area (Å²) in [5.74, 6) is 0.599. The third kappa shape index (κ3) is 7.99. The lowest BCUT2D eigenvalue weighted by atomic mass is 9.82. The number of benzene rings is 13. The zero-order chi connectivity index (χ0) is 61.8. The molecule has 2 aliphatic rings. The molecule has 93 heavy (non-hydrogen) atoms. The van der Waals surface area contributed by atoms with Crippen LogP contribution in [0.2, 0.25) is 0 Å². The van der Waals surface area contributed by atoms with Gasteiger partial charge in [-0.1, -0.05) is 258 Å². The van der Waals surface area contributed by atoms with Crippen LogP contribution in [0.25, 0.3) is 161 Å². The molecule has 0 bridgehead atoms. The minimum absolute atomic E-state index is 0.136. The number of aromatic nitrogens is 5. The van der Waals surface area contributed by atoms with Crippen LogP contribution >= 0.6 is 0 Å².